The standard InChI is InChI=1S/C18H26N2O4/c1-18(2,3)14-7-4-5-8-15(14)19-16(22)17(23)20-9-6-10-24-13(11-20)12-21/h4-5,7-8,13,21H,6,9-12H2,1-3H3,(H,19,22)/t13-/m0/s1. The lowest BCUT2D eigenvalue weighted by molar-refractivity contribution is -0.143. The number of hydrogen-bond donors (Lipinski definition) is 2. The number of benzene rings is 1. The Morgan fingerprint density at radius 2 is 2.04 bits per heavy atom. The van der Waals surface area contributed by atoms with Crippen molar-refractivity contribution in [2.24, 2.45) is 0 Å². The zero-order valence-electron chi connectivity index (χ0n) is 14.5. The molecule has 0 bridgehead atoms. The second-order valence-corrected chi connectivity index (χ2v) is 7.03. The van der Waals surface area contributed by atoms with Crippen LogP contribution in [-0.4, -0.2) is 54.2 Å². The van der Waals surface area contributed by atoms with Crippen LogP contribution >= 0.6 is 0 Å². The molecule has 132 valence electrons. The molecule has 1 saturated heterocycles. The summed E-state index contributed by atoms with van der Waals surface area (Å²) in [7, 11) is 0. The lowest BCUT2D eigenvalue weighted by Crippen LogP contribution is -2.44. The number of aliphatic hydroxyl groups excluding tert-OH is 1. The van der Waals surface area contributed by atoms with Gasteiger partial charge in [0.2, 0.25) is 0 Å². The van der Waals surface area contributed by atoms with E-state index in [0.717, 1.165) is 5.56 Å². The Morgan fingerprint density at radius 3 is 2.71 bits per heavy atom. The first-order valence-electron chi connectivity index (χ1n) is 8.25. The summed E-state index contributed by atoms with van der Waals surface area (Å²) in [5, 5.41) is 12.0. The topological polar surface area (TPSA) is 78.9 Å². The molecule has 24 heavy (non-hydrogen) atoms. The molecule has 1 fully saturated rings. The fourth-order valence-corrected chi connectivity index (χ4v) is 2.76. The summed E-state index contributed by atoms with van der Waals surface area (Å²) < 4.78 is 5.42. The molecule has 2 amide bonds. The van der Waals surface area contributed by atoms with Crippen molar-refractivity contribution in [1.29, 1.82) is 0 Å². The molecule has 0 radical (unpaired) electrons. The number of rotatable bonds is 2. The molecule has 2 N–H and O–H groups in total. The van der Waals surface area contributed by atoms with E-state index in [1.54, 1.807) is 6.07 Å². The van der Waals surface area contributed by atoms with Crippen molar-refractivity contribution in [2.45, 2.75) is 38.7 Å². The quantitative estimate of drug-likeness (QED) is 0.804. The largest absolute Gasteiger partial charge is 0.394 e. The first-order chi connectivity index (χ1) is 11.3. The molecule has 0 spiro atoms. The van der Waals surface area contributed by atoms with Gasteiger partial charge < -0.3 is 20.1 Å². The van der Waals surface area contributed by atoms with E-state index in [1.165, 1.54) is 4.90 Å². The van der Waals surface area contributed by atoms with Gasteiger partial charge in [0.1, 0.15) is 0 Å². The fraction of sp³-hybridized carbons (Fsp3) is 0.556. The van der Waals surface area contributed by atoms with Crippen LogP contribution in [-0.2, 0) is 19.7 Å². The number of aliphatic hydroxyl groups is 1. The van der Waals surface area contributed by atoms with Crippen LogP contribution in [0.3, 0.4) is 0 Å². The smallest absolute Gasteiger partial charge is 0.313 e. The highest BCUT2D eigenvalue weighted by atomic mass is 16.5. The first-order valence-corrected chi connectivity index (χ1v) is 8.25. The number of carbonyl (C=O) groups is 2. The van der Waals surface area contributed by atoms with Gasteiger partial charge in [0, 0.05) is 25.4 Å². The van der Waals surface area contributed by atoms with Crippen LogP contribution in [0.15, 0.2) is 24.3 Å². The van der Waals surface area contributed by atoms with Crippen LogP contribution in [0, 0.1) is 0 Å². The Kier molecular flexibility index (Phi) is 5.96. The van der Waals surface area contributed by atoms with Crippen LogP contribution in [0.5, 0.6) is 0 Å². The highest BCUT2D eigenvalue weighted by Gasteiger charge is 2.28. The van der Waals surface area contributed by atoms with E-state index in [4.69, 9.17) is 4.74 Å². The predicted octanol–water partition coefficient (Wildman–Crippen LogP) is 1.53. The summed E-state index contributed by atoms with van der Waals surface area (Å²) in [6.07, 6.45) is 0.208. The fourth-order valence-electron chi connectivity index (χ4n) is 2.76. The molecule has 0 aliphatic carbocycles. The Bertz CT molecular complexity index is 595. The highest BCUT2D eigenvalue weighted by Crippen LogP contribution is 2.29. The summed E-state index contributed by atoms with van der Waals surface area (Å²) in [5.74, 6) is -1.26. The van der Waals surface area contributed by atoms with E-state index in [-0.39, 0.29) is 18.6 Å². The molecule has 6 nitrogen and oxygen atoms in total. The number of ether oxygens (including phenoxy) is 1. The van der Waals surface area contributed by atoms with Gasteiger partial charge in [-0.1, -0.05) is 39.0 Å². The van der Waals surface area contributed by atoms with Crippen molar-refractivity contribution in [3.05, 3.63) is 29.8 Å². The van der Waals surface area contributed by atoms with Gasteiger partial charge in [0.15, 0.2) is 0 Å². The summed E-state index contributed by atoms with van der Waals surface area (Å²) in [6, 6.07) is 7.49. The van der Waals surface area contributed by atoms with Gasteiger partial charge in [0.05, 0.1) is 12.7 Å². The van der Waals surface area contributed by atoms with E-state index in [9.17, 15) is 14.7 Å². The van der Waals surface area contributed by atoms with Crippen LogP contribution < -0.4 is 5.32 Å². The van der Waals surface area contributed by atoms with Crippen LogP contribution in [0.2, 0.25) is 0 Å². The van der Waals surface area contributed by atoms with E-state index in [0.29, 0.717) is 25.3 Å². The van der Waals surface area contributed by atoms with Gasteiger partial charge in [-0.3, -0.25) is 9.59 Å². The third-order valence-corrected chi connectivity index (χ3v) is 4.02. The minimum atomic E-state index is -0.662. The number of para-hydroxylation sites is 1. The molecule has 1 heterocycles. The van der Waals surface area contributed by atoms with Gasteiger partial charge in [-0.2, -0.15) is 0 Å². The predicted molar refractivity (Wildman–Crippen MR) is 91.8 cm³/mol. The van der Waals surface area contributed by atoms with Crippen molar-refractivity contribution >= 4 is 17.5 Å². The Balaban J connectivity index is 2.11. The summed E-state index contributed by atoms with van der Waals surface area (Å²) in [5.41, 5.74) is 1.47. The maximum Gasteiger partial charge on any atom is 0.313 e. The summed E-state index contributed by atoms with van der Waals surface area (Å²) >= 11 is 0. The first kappa shape index (κ1) is 18.4. The number of nitrogens with zero attached hydrogens (tertiary/aromatic N) is 1. The number of anilines is 1. The van der Waals surface area contributed by atoms with E-state index in [1.807, 2.05) is 18.2 Å². The lowest BCUT2D eigenvalue weighted by atomic mass is 9.86. The van der Waals surface area contributed by atoms with Crippen LogP contribution in [0.1, 0.15) is 32.8 Å². The van der Waals surface area contributed by atoms with Gasteiger partial charge in [-0.15, -0.1) is 0 Å². The third-order valence-electron chi connectivity index (χ3n) is 4.02. The SMILES string of the molecule is CC(C)(C)c1ccccc1NC(=O)C(=O)N1CCCO[C@H](CO)C1. The Labute approximate surface area is 142 Å². The van der Waals surface area contributed by atoms with Crippen molar-refractivity contribution in [2.75, 3.05) is 31.6 Å². The highest BCUT2D eigenvalue weighted by molar-refractivity contribution is 6.39. The molecule has 6 heteroatoms. The third kappa shape index (κ3) is 4.55. The number of nitrogens with one attached hydrogen (secondary N) is 1. The maximum atomic E-state index is 12.5. The summed E-state index contributed by atoms with van der Waals surface area (Å²) in [6.45, 7) is 7.14. The molecule has 0 saturated carbocycles. The van der Waals surface area contributed by atoms with Crippen molar-refractivity contribution in [1.82, 2.24) is 4.90 Å². The van der Waals surface area contributed by atoms with Gasteiger partial charge in [0.25, 0.3) is 0 Å². The molecule has 1 aliphatic heterocycles. The van der Waals surface area contributed by atoms with Gasteiger partial charge in [-0.05, 0) is 23.5 Å². The minimum absolute atomic E-state index is 0.147. The van der Waals surface area contributed by atoms with Crippen molar-refractivity contribution in [3.8, 4) is 0 Å². The molecular formula is C18H26N2O4. The second kappa shape index (κ2) is 7.77. The molecule has 2 rings (SSSR count). The monoisotopic (exact) mass is 334 g/mol. The Morgan fingerprint density at radius 1 is 1.33 bits per heavy atom. The van der Waals surface area contributed by atoms with Crippen molar-refractivity contribution in [3.63, 3.8) is 0 Å². The molecule has 0 unspecified atom stereocenters. The van der Waals surface area contributed by atoms with Gasteiger partial charge in [-0.25, -0.2) is 0 Å². The normalized spacial score (nSPS) is 18.8. The average Bonchev–Trinajstić information content (AvgIpc) is 2.79. The Hall–Kier alpha value is -1.92. The van der Waals surface area contributed by atoms with Crippen molar-refractivity contribution < 1.29 is 19.4 Å². The van der Waals surface area contributed by atoms with Crippen LogP contribution in [0.4, 0.5) is 5.69 Å². The van der Waals surface area contributed by atoms with Crippen LogP contribution in [0.25, 0.3) is 0 Å². The molecule has 1 aromatic carbocycles. The number of carbonyl (C=O) groups excluding carboxylic acids is 2. The number of amides is 2. The average molecular weight is 334 g/mol. The molecule has 1 aromatic rings. The zero-order chi connectivity index (χ0) is 17.7. The molecular weight excluding hydrogens is 308 g/mol. The lowest BCUT2D eigenvalue weighted by Gasteiger charge is -2.25. The maximum absolute atomic E-state index is 12.5. The number of hydrogen-bond acceptors (Lipinski definition) is 4. The van der Waals surface area contributed by atoms with Gasteiger partial charge >= 0.3 is 11.8 Å². The minimum Gasteiger partial charge on any atom is -0.394 e. The van der Waals surface area contributed by atoms with E-state index < -0.39 is 17.9 Å². The molecule has 0 aromatic heterocycles. The summed E-state index contributed by atoms with van der Waals surface area (Å²) in [4.78, 5) is 26.3. The zero-order valence-corrected chi connectivity index (χ0v) is 14.5. The second-order valence-electron chi connectivity index (χ2n) is 7.03. The molecule has 1 aliphatic rings. The van der Waals surface area contributed by atoms with E-state index >= 15 is 0 Å². The van der Waals surface area contributed by atoms with E-state index in [2.05, 4.69) is 26.1 Å². The molecule has 1 atom stereocenters.